The average molecular weight is 530 g/mol. The van der Waals surface area contributed by atoms with Crippen LogP contribution in [0.3, 0.4) is 0 Å². The Bertz CT molecular complexity index is 783. The molecule has 31 heavy (non-hydrogen) atoms. The van der Waals surface area contributed by atoms with Crippen LogP contribution in [0.2, 0.25) is 0 Å². The molecule has 3 saturated carbocycles. The van der Waals surface area contributed by atoms with Crippen LogP contribution < -0.4 is 0 Å². The van der Waals surface area contributed by atoms with Crippen molar-refractivity contribution >= 4 is 44.9 Å². The first-order chi connectivity index (χ1) is 14.8. The van der Waals surface area contributed by atoms with Gasteiger partial charge in [-0.05, 0) is 91.7 Å². The molecular weight excluding hydrogens is 495 g/mol. The number of alkyl halides is 2. The van der Waals surface area contributed by atoms with E-state index in [-0.39, 0.29) is 22.3 Å². The number of hydrogen-bond donors (Lipinski definition) is 1. The molecule has 0 radical (unpaired) electrons. The first-order valence-electron chi connectivity index (χ1n) is 11.5. The quantitative estimate of drug-likeness (QED) is 0.349. The van der Waals surface area contributed by atoms with Crippen molar-refractivity contribution in [1.82, 2.24) is 0 Å². The summed E-state index contributed by atoms with van der Waals surface area (Å²) < 4.78 is 1.13. The molecule has 1 aromatic rings. The maximum absolute atomic E-state index is 11.8. The highest BCUT2D eigenvalue weighted by atomic mass is 79.9. The minimum atomic E-state index is -0.0823. The first kappa shape index (κ1) is 25.3. The number of aliphatic hydroxyl groups is 1. The molecule has 5 rings (SSSR count). The van der Waals surface area contributed by atoms with Gasteiger partial charge in [0, 0.05) is 10.9 Å². The maximum atomic E-state index is 11.8. The summed E-state index contributed by atoms with van der Waals surface area (Å²) in [5.74, 6) is 2.57. The Hall–Kier alpha value is -0.350. The minimum Gasteiger partial charge on any atom is -0.393 e. The van der Waals surface area contributed by atoms with Gasteiger partial charge in [0.25, 0.3) is 0 Å². The van der Waals surface area contributed by atoms with E-state index in [1.54, 1.807) is 0 Å². The molecule has 0 aliphatic heterocycles. The fourth-order valence-corrected chi connectivity index (χ4v) is 7.25. The zero-order valence-electron chi connectivity index (χ0n) is 18.6. The monoisotopic (exact) mass is 528 g/mol. The van der Waals surface area contributed by atoms with Crippen molar-refractivity contribution in [3.8, 4) is 0 Å². The first-order valence-corrected chi connectivity index (χ1v) is 13.4. The third-order valence-corrected chi connectivity index (χ3v) is 9.17. The van der Waals surface area contributed by atoms with Crippen LogP contribution in [-0.2, 0) is 4.79 Å². The number of benzene rings is 1. The number of halogens is 3. The highest BCUT2D eigenvalue weighted by molar-refractivity contribution is 9.10. The summed E-state index contributed by atoms with van der Waals surface area (Å²) in [4.78, 5) is 11.8. The summed E-state index contributed by atoms with van der Waals surface area (Å²) in [6, 6.07) is 9.97. The Morgan fingerprint density at radius 2 is 1.68 bits per heavy atom. The van der Waals surface area contributed by atoms with Gasteiger partial charge < -0.3 is 5.11 Å². The van der Waals surface area contributed by atoms with E-state index in [2.05, 4.69) is 29.8 Å². The number of fused-ring (bicyclic) bond motifs is 5. The van der Waals surface area contributed by atoms with Crippen LogP contribution in [0.4, 0.5) is 0 Å². The van der Waals surface area contributed by atoms with Crippen LogP contribution >= 0.6 is 39.1 Å². The molecule has 3 fully saturated rings. The van der Waals surface area contributed by atoms with E-state index in [1.165, 1.54) is 31.3 Å². The highest BCUT2D eigenvalue weighted by Gasteiger charge is 2.58. The van der Waals surface area contributed by atoms with Crippen LogP contribution in [0, 0.1) is 28.6 Å². The summed E-state index contributed by atoms with van der Waals surface area (Å²) in [5, 5.41) is 10.6. The topological polar surface area (TPSA) is 37.3 Å². The van der Waals surface area contributed by atoms with Crippen molar-refractivity contribution in [2.24, 2.45) is 28.6 Å². The number of ketones is 1. The van der Waals surface area contributed by atoms with E-state index in [0.29, 0.717) is 11.7 Å². The van der Waals surface area contributed by atoms with Gasteiger partial charge in [-0.3, -0.25) is 4.79 Å². The average Bonchev–Trinajstić information content (AvgIpc) is 3.05. The lowest BCUT2D eigenvalue weighted by Crippen LogP contribution is -2.51. The highest BCUT2D eigenvalue weighted by Crippen LogP contribution is 2.65. The number of allylic oxidation sites excluding steroid dienone is 1. The summed E-state index contributed by atoms with van der Waals surface area (Å²) in [5.41, 5.74) is 1.89. The minimum absolute atomic E-state index is 0.0823. The fourth-order valence-electron chi connectivity index (χ4n) is 6.95. The Balaban J connectivity index is 0.000000228. The zero-order chi connectivity index (χ0) is 22.6. The molecule has 5 heteroatoms. The third-order valence-electron chi connectivity index (χ3n) is 8.65. The van der Waals surface area contributed by atoms with Gasteiger partial charge in [0.05, 0.1) is 11.4 Å². The van der Waals surface area contributed by atoms with Gasteiger partial charge in [0.1, 0.15) is 0 Å². The summed E-state index contributed by atoms with van der Waals surface area (Å²) in [6.07, 6.45) is 10.7. The van der Waals surface area contributed by atoms with E-state index in [1.807, 2.05) is 36.4 Å². The van der Waals surface area contributed by atoms with Crippen molar-refractivity contribution in [3.63, 3.8) is 0 Å². The third kappa shape index (κ3) is 5.26. The van der Waals surface area contributed by atoms with Crippen LogP contribution in [0.5, 0.6) is 0 Å². The molecular formula is C26H35BrCl2O2. The number of carbonyl (C=O) groups excluding carboxylic acids is 1. The normalized spacial score (nSPS) is 38.3. The van der Waals surface area contributed by atoms with Crippen LogP contribution in [0.1, 0.15) is 65.2 Å². The Morgan fingerprint density at radius 1 is 1.00 bits per heavy atom. The Kier molecular flexibility index (Phi) is 8.74. The zero-order valence-corrected chi connectivity index (χ0v) is 21.7. The number of carbonyl (C=O) groups is 1. The van der Waals surface area contributed by atoms with Crippen LogP contribution in [0.25, 0.3) is 0 Å². The summed E-state index contributed by atoms with van der Waals surface area (Å²) in [7, 11) is 0. The van der Waals surface area contributed by atoms with Gasteiger partial charge in [-0.25, -0.2) is 0 Å². The van der Waals surface area contributed by atoms with Gasteiger partial charge in [-0.15, -0.1) is 23.2 Å². The molecule has 4 aliphatic carbocycles. The SMILES string of the molecule is Brc1ccccc1.C[C@]12CC[C@H]3[C@@H](CCC4=CC(=O)CC[C@@]43C)[C@@H]1CC[C@@H]2O.ClCCl. The van der Waals surface area contributed by atoms with Gasteiger partial charge in [-0.1, -0.05) is 53.5 Å². The molecule has 4 aliphatic rings. The molecule has 0 saturated heterocycles. The summed E-state index contributed by atoms with van der Waals surface area (Å²) >= 11 is 12.8. The van der Waals surface area contributed by atoms with E-state index < -0.39 is 0 Å². The molecule has 0 spiro atoms. The Labute approximate surface area is 205 Å². The van der Waals surface area contributed by atoms with E-state index >= 15 is 0 Å². The lowest BCUT2D eigenvalue weighted by Gasteiger charge is -2.57. The van der Waals surface area contributed by atoms with Gasteiger partial charge in [-0.2, -0.15) is 0 Å². The van der Waals surface area contributed by atoms with Crippen LogP contribution in [-0.4, -0.2) is 22.3 Å². The molecule has 2 nitrogen and oxygen atoms in total. The molecule has 0 amide bonds. The second-order valence-corrected chi connectivity index (χ2v) is 11.7. The largest absolute Gasteiger partial charge is 0.393 e. The molecule has 6 atom stereocenters. The van der Waals surface area contributed by atoms with Crippen LogP contribution in [0.15, 0.2) is 46.5 Å². The predicted octanol–water partition coefficient (Wildman–Crippen LogP) is 7.75. The molecule has 1 aromatic carbocycles. The lowest BCUT2D eigenvalue weighted by atomic mass is 9.47. The molecule has 0 aromatic heterocycles. The summed E-state index contributed by atoms with van der Waals surface area (Å²) in [6.45, 7) is 4.76. The molecule has 1 N–H and O–H groups in total. The van der Waals surface area contributed by atoms with Crippen molar-refractivity contribution in [3.05, 3.63) is 46.5 Å². The van der Waals surface area contributed by atoms with Crippen molar-refractivity contribution in [2.75, 3.05) is 5.34 Å². The molecule has 0 unspecified atom stereocenters. The number of rotatable bonds is 0. The predicted molar refractivity (Wildman–Crippen MR) is 133 cm³/mol. The van der Waals surface area contributed by atoms with Gasteiger partial charge in [0.15, 0.2) is 5.78 Å². The second kappa shape index (κ2) is 10.7. The number of aliphatic hydroxyl groups excluding tert-OH is 1. The standard InChI is InChI=1S/C19H28O2.C6H5Br.CH2Cl2/c1-18-9-7-13(20)11-12(18)3-4-14-15-5-6-17(21)19(15,2)10-8-16(14)18;7-6-4-2-1-3-5-6;2-1-3/h11,14-17,21H,3-10H2,1-2H3;1-5H;1H2/t14-,15-,16-,17-,18-,19-;;/m0../s1. The molecule has 0 heterocycles. The van der Waals surface area contributed by atoms with Crippen molar-refractivity contribution in [1.29, 1.82) is 0 Å². The maximum Gasteiger partial charge on any atom is 0.155 e. The molecule has 172 valence electrons. The fraction of sp³-hybridized carbons (Fsp3) is 0.654. The van der Waals surface area contributed by atoms with Crippen molar-refractivity contribution in [2.45, 2.75) is 71.3 Å². The van der Waals surface area contributed by atoms with E-state index in [0.717, 1.165) is 42.0 Å². The van der Waals surface area contributed by atoms with Gasteiger partial charge in [0.2, 0.25) is 0 Å². The van der Waals surface area contributed by atoms with E-state index in [9.17, 15) is 9.90 Å². The second-order valence-electron chi connectivity index (χ2n) is 10.0. The Morgan fingerprint density at radius 3 is 2.29 bits per heavy atom. The number of hydrogen-bond acceptors (Lipinski definition) is 2. The molecule has 0 bridgehead atoms. The van der Waals surface area contributed by atoms with Gasteiger partial charge >= 0.3 is 0 Å². The van der Waals surface area contributed by atoms with Crippen molar-refractivity contribution < 1.29 is 9.90 Å². The van der Waals surface area contributed by atoms with E-state index in [4.69, 9.17) is 23.2 Å². The smallest absolute Gasteiger partial charge is 0.155 e. The lowest BCUT2D eigenvalue weighted by molar-refractivity contribution is -0.118.